The molecule has 1 aliphatic heterocycles. The summed E-state index contributed by atoms with van der Waals surface area (Å²) in [5.41, 5.74) is 2.93. The van der Waals surface area contributed by atoms with E-state index in [-0.39, 0.29) is 5.91 Å². The molecule has 0 spiro atoms. The van der Waals surface area contributed by atoms with Crippen molar-refractivity contribution in [2.45, 2.75) is 45.1 Å². The zero-order valence-electron chi connectivity index (χ0n) is 15.8. The molecule has 1 fully saturated rings. The molecule has 5 nitrogen and oxygen atoms in total. The molecule has 0 radical (unpaired) electrons. The third-order valence-electron chi connectivity index (χ3n) is 5.26. The molecular weight excluding hydrogens is 324 g/mol. The number of amides is 1. The van der Waals surface area contributed by atoms with Crippen LogP contribution in [-0.4, -0.2) is 47.0 Å². The first-order valence-electron chi connectivity index (χ1n) is 9.55. The minimum absolute atomic E-state index is 0.119. The summed E-state index contributed by atoms with van der Waals surface area (Å²) in [6, 6.07) is 6.41. The van der Waals surface area contributed by atoms with Gasteiger partial charge in [-0.15, -0.1) is 0 Å². The number of likely N-dealkylation sites (tertiary alicyclic amines) is 1. The second-order valence-corrected chi connectivity index (χ2v) is 7.02. The van der Waals surface area contributed by atoms with Gasteiger partial charge in [-0.3, -0.25) is 14.8 Å². The normalized spacial score (nSPS) is 17.2. The average Bonchev–Trinajstić information content (AvgIpc) is 2.72. The van der Waals surface area contributed by atoms with Gasteiger partial charge in [0.15, 0.2) is 0 Å². The molecule has 1 amide bonds. The van der Waals surface area contributed by atoms with Crippen LogP contribution in [0.25, 0.3) is 0 Å². The Morgan fingerprint density at radius 3 is 2.81 bits per heavy atom. The van der Waals surface area contributed by atoms with Crippen LogP contribution in [0.2, 0.25) is 0 Å². The lowest BCUT2D eigenvalue weighted by atomic mass is 9.99. The molecule has 1 aliphatic rings. The van der Waals surface area contributed by atoms with Gasteiger partial charge >= 0.3 is 0 Å². The molecule has 0 aromatic carbocycles. The third kappa shape index (κ3) is 4.40. The fourth-order valence-electron chi connectivity index (χ4n) is 3.59. The minimum Gasteiger partial charge on any atom is -0.373 e. The van der Waals surface area contributed by atoms with E-state index in [1.807, 2.05) is 48.7 Å². The number of carbonyl (C=O) groups is 1. The number of likely N-dealkylation sites (N-methyl/N-ethyl adjacent to an activating group) is 1. The van der Waals surface area contributed by atoms with Crippen molar-refractivity contribution in [2.75, 3.05) is 25.0 Å². The SMILES string of the molecule is CCC1CCCCN1C(=O)c1cncc(N(C)CCc2ccncc2)c1. The molecule has 1 saturated heterocycles. The highest BCUT2D eigenvalue weighted by molar-refractivity contribution is 5.95. The van der Waals surface area contributed by atoms with Crippen LogP contribution in [-0.2, 0) is 6.42 Å². The van der Waals surface area contributed by atoms with Gasteiger partial charge in [0.25, 0.3) is 5.91 Å². The lowest BCUT2D eigenvalue weighted by molar-refractivity contribution is 0.0607. The predicted octanol–water partition coefficient (Wildman–Crippen LogP) is 3.56. The Labute approximate surface area is 156 Å². The van der Waals surface area contributed by atoms with Gasteiger partial charge in [-0.05, 0) is 55.9 Å². The van der Waals surface area contributed by atoms with Gasteiger partial charge in [0.1, 0.15) is 0 Å². The quantitative estimate of drug-likeness (QED) is 0.798. The van der Waals surface area contributed by atoms with Crippen LogP contribution in [0.3, 0.4) is 0 Å². The van der Waals surface area contributed by atoms with Crippen LogP contribution in [0.1, 0.15) is 48.5 Å². The molecule has 3 heterocycles. The van der Waals surface area contributed by atoms with Gasteiger partial charge < -0.3 is 9.80 Å². The van der Waals surface area contributed by atoms with Gasteiger partial charge in [-0.1, -0.05) is 6.92 Å². The summed E-state index contributed by atoms with van der Waals surface area (Å²) in [4.78, 5) is 25.6. The van der Waals surface area contributed by atoms with Crippen LogP contribution in [0, 0.1) is 0 Å². The lowest BCUT2D eigenvalue weighted by Gasteiger charge is -2.35. The first kappa shape index (κ1) is 18.4. The van der Waals surface area contributed by atoms with E-state index in [0.29, 0.717) is 11.6 Å². The lowest BCUT2D eigenvalue weighted by Crippen LogP contribution is -2.43. The van der Waals surface area contributed by atoms with Crippen molar-refractivity contribution in [1.82, 2.24) is 14.9 Å². The van der Waals surface area contributed by atoms with E-state index < -0.39 is 0 Å². The van der Waals surface area contributed by atoms with E-state index in [9.17, 15) is 4.79 Å². The van der Waals surface area contributed by atoms with Gasteiger partial charge in [0.2, 0.25) is 0 Å². The summed E-state index contributed by atoms with van der Waals surface area (Å²) in [5.74, 6) is 0.119. The van der Waals surface area contributed by atoms with Gasteiger partial charge in [-0.2, -0.15) is 0 Å². The van der Waals surface area contributed by atoms with Crippen molar-refractivity contribution in [3.05, 3.63) is 54.1 Å². The van der Waals surface area contributed by atoms with Gasteiger partial charge in [0.05, 0.1) is 17.4 Å². The number of aromatic nitrogens is 2. The van der Waals surface area contributed by atoms with Crippen LogP contribution >= 0.6 is 0 Å². The van der Waals surface area contributed by atoms with E-state index in [4.69, 9.17) is 0 Å². The number of hydrogen-bond donors (Lipinski definition) is 0. The Hall–Kier alpha value is -2.43. The number of hydrogen-bond acceptors (Lipinski definition) is 4. The standard InChI is InChI=1S/C21H28N4O/c1-3-19-6-4-5-12-25(19)21(26)18-14-20(16-23-15-18)24(2)13-9-17-7-10-22-11-8-17/h7-8,10-11,14-16,19H,3-6,9,12-13H2,1-2H3. The topological polar surface area (TPSA) is 49.3 Å². The van der Waals surface area contributed by atoms with Crippen molar-refractivity contribution in [2.24, 2.45) is 0 Å². The molecule has 0 saturated carbocycles. The summed E-state index contributed by atoms with van der Waals surface area (Å²) in [6.07, 6.45) is 12.5. The summed E-state index contributed by atoms with van der Waals surface area (Å²) < 4.78 is 0. The number of nitrogens with zero attached hydrogens (tertiary/aromatic N) is 4. The number of carbonyl (C=O) groups excluding carboxylic acids is 1. The maximum atomic E-state index is 13.0. The largest absolute Gasteiger partial charge is 0.373 e. The first-order valence-corrected chi connectivity index (χ1v) is 9.55. The second-order valence-electron chi connectivity index (χ2n) is 7.02. The fraction of sp³-hybridized carbons (Fsp3) is 0.476. The summed E-state index contributed by atoms with van der Waals surface area (Å²) >= 11 is 0. The average molecular weight is 352 g/mol. The van der Waals surface area contributed by atoms with Gasteiger partial charge in [0, 0.05) is 44.8 Å². The maximum Gasteiger partial charge on any atom is 0.255 e. The molecule has 0 N–H and O–H groups in total. The van der Waals surface area contributed by atoms with Crippen molar-refractivity contribution in [1.29, 1.82) is 0 Å². The zero-order chi connectivity index (χ0) is 18.4. The highest BCUT2D eigenvalue weighted by Gasteiger charge is 2.26. The van der Waals surface area contributed by atoms with E-state index in [1.54, 1.807) is 6.20 Å². The summed E-state index contributed by atoms with van der Waals surface area (Å²) in [5, 5.41) is 0. The highest BCUT2D eigenvalue weighted by atomic mass is 16.2. The zero-order valence-corrected chi connectivity index (χ0v) is 15.8. The Morgan fingerprint density at radius 1 is 1.23 bits per heavy atom. The smallest absolute Gasteiger partial charge is 0.255 e. The number of pyridine rings is 2. The molecule has 0 bridgehead atoms. The van der Waals surface area contributed by atoms with Crippen LogP contribution in [0.15, 0.2) is 43.0 Å². The Morgan fingerprint density at radius 2 is 2.04 bits per heavy atom. The van der Waals surface area contributed by atoms with E-state index in [0.717, 1.165) is 44.5 Å². The first-order chi connectivity index (χ1) is 12.7. The van der Waals surface area contributed by atoms with E-state index in [2.05, 4.69) is 21.8 Å². The number of rotatable bonds is 6. The van der Waals surface area contributed by atoms with E-state index in [1.165, 1.54) is 12.0 Å². The van der Waals surface area contributed by atoms with Crippen LogP contribution in [0.4, 0.5) is 5.69 Å². The van der Waals surface area contributed by atoms with Crippen LogP contribution in [0.5, 0.6) is 0 Å². The predicted molar refractivity (Wildman–Crippen MR) is 104 cm³/mol. The van der Waals surface area contributed by atoms with Crippen molar-refractivity contribution >= 4 is 11.6 Å². The molecule has 3 rings (SSSR count). The number of piperidine rings is 1. The van der Waals surface area contributed by atoms with Crippen molar-refractivity contribution in [3.8, 4) is 0 Å². The highest BCUT2D eigenvalue weighted by Crippen LogP contribution is 2.23. The van der Waals surface area contributed by atoms with Crippen LogP contribution < -0.4 is 4.90 Å². The third-order valence-corrected chi connectivity index (χ3v) is 5.26. The molecule has 138 valence electrons. The molecule has 0 aliphatic carbocycles. The summed E-state index contributed by atoms with van der Waals surface area (Å²) in [6.45, 7) is 3.89. The maximum absolute atomic E-state index is 13.0. The molecule has 26 heavy (non-hydrogen) atoms. The molecule has 5 heteroatoms. The molecule has 2 aromatic heterocycles. The Balaban J connectivity index is 1.68. The van der Waals surface area contributed by atoms with Gasteiger partial charge in [-0.25, -0.2) is 0 Å². The van der Waals surface area contributed by atoms with Crippen molar-refractivity contribution in [3.63, 3.8) is 0 Å². The van der Waals surface area contributed by atoms with E-state index >= 15 is 0 Å². The molecule has 1 unspecified atom stereocenters. The molecule has 2 aromatic rings. The molecule has 1 atom stereocenters. The van der Waals surface area contributed by atoms with Crippen molar-refractivity contribution < 1.29 is 4.79 Å². The second kappa shape index (κ2) is 8.79. The molecular formula is C21H28N4O. The minimum atomic E-state index is 0.119. The Kier molecular flexibility index (Phi) is 6.21. The fourth-order valence-corrected chi connectivity index (χ4v) is 3.59. The summed E-state index contributed by atoms with van der Waals surface area (Å²) in [7, 11) is 2.04. The Bertz CT molecular complexity index is 719. The monoisotopic (exact) mass is 352 g/mol. The number of anilines is 1.